The van der Waals surface area contributed by atoms with Crippen LogP contribution in [-0.2, 0) is 4.79 Å². The number of hydrogen-bond donors (Lipinski definition) is 1. The summed E-state index contributed by atoms with van der Waals surface area (Å²) in [6.07, 6.45) is 1.43. The zero-order valence-electron chi connectivity index (χ0n) is 23.2. The predicted molar refractivity (Wildman–Crippen MR) is 158 cm³/mol. The number of nitrogens with zero attached hydrogens (tertiary/aromatic N) is 3. The fraction of sp³-hybridized carbons (Fsp3) is 0.167. The van der Waals surface area contributed by atoms with Crippen LogP contribution in [0.1, 0.15) is 24.1 Å². The van der Waals surface area contributed by atoms with Crippen LogP contribution in [0.2, 0.25) is 0 Å². The lowest BCUT2D eigenvalue weighted by molar-refractivity contribution is -0.385. The van der Waals surface area contributed by atoms with E-state index in [9.17, 15) is 19.7 Å². The summed E-state index contributed by atoms with van der Waals surface area (Å²) >= 11 is 1.05. The maximum atomic E-state index is 14.1. The SMILES string of the molecule is COc1ccc([C@@H]2C(C(=O)Nc3ccccc3)=C(C)N=c3s/c(=C\c4cc5c(cc4[N+](=O)[O-])OCO5)c(=O)n32)c(OC)c1. The summed E-state index contributed by atoms with van der Waals surface area (Å²) in [6.45, 7) is 1.64. The Hall–Kier alpha value is -5.43. The first-order valence-corrected chi connectivity index (χ1v) is 13.8. The molecule has 2 aliphatic rings. The Balaban J connectivity index is 1.56. The van der Waals surface area contributed by atoms with Gasteiger partial charge in [0.1, 0.15) is 17.5 Å². The lowest BCUT2D eigenvalue weighted by Gasteiger charge is -2.26. The van der Waals surface area contributed by atoms with E-state index in [1.165, 1.54) is 37.0 Å². The third-order valence-electron chi connectivity index (χ3n) is 7.04. The third kappa shape index (κ3) is 4.99. The van der Waals surface area contributed by atoms with Crippen molar-refractivity contribution in [2.75, 3.05) is 26.3 Å². The van der Waals surface area contributed by atoms with Gasteiger partial charge in [-0.1, -0.05) is 29.5 Å². The van der Waals surface area contributed by atoms with Crippen molar-refractivity contribution in [3.8, 4) is 23.0 Å². The van der Waals surface area contributed by atoms with Crippen LogP contribution in [0.4, 0.5) is 11.4 Å². The number of hydrogen-bond acceptors (Lipinski definition) is 10. The summed E-state index contributed by atoms with van der Waals surface area (Å²) in [6, 6.07) is 15.9. The van der Waals surface area contributed by atoms with Gasteiger partial charge in [0.05, 0.1) is 46.6 Å². The zero-order valence-corrected chi connectivity index (χ0v) is 24.0. The predicted octanol–water partition coefficient (Wildman–Crippen LogP) is 3.53. The van der Waals surface area contributed by atoms with Crippen molar-refractivity contribution in [1.29, 1.82) is 0 Å². The van der Waals surface area contributed by atoms with Gasteiger partial charge in [-0.3, -0.25) is 24.3 Å². The summed E-state index contributed by atoms with van der Waals surface area (Å²) in [7, 11) is 3.01. The number of anilines is 1. The number of carbonyl (C=O) groups is 1. The lowest BCUT2D eigenvalue weighted by Crippen LogP contribution is -2.40. The Morgan fingerprint density at radius 1 is 1.12 bits per heavy atom. The standard InChI is InChI=1S/C30H24N4O8S/c1-16-26(28(35)32-18-7-5-4-6-8-18)27(20-10-9-19(39-2)13-22(20)40-3)33-29(36)25(43-30(33)31-16)12-17-11-23-24(42-15-41-23)14-21(17)34(37)38/h4-14,27H,15H2,1-3H3,(H,32,35)/b25-12-/t27-/m1/s1. The molecule has 12 nitrogen and oxygen atoms in total. The molecule has 3 aromatic carbocycles. The first kappa shape index (κ1) is 27.7. The molecule has 1 amide bonds. The van der Waals surface area contributed by atoms with Gasteiger partial charge >= 0.3 is 0 Å². The van der Waals surface area contributed by atoms with E-state index in [0.29, 0.717) is 39.0 Å². The van der Waals surface area contributed by atoms with E-state index in [4.69, 9.17) is 18.9 Å². The van der Waals surface area contributed by atoms with Gasteiger partial charge in [0.15, 0.2) is 16.3 Å². The maximum absolute atomic E-state index is 14.1. The van der Waals surface area contributed by atoms with Gasteiger partial charge in [0.2, 0.25) is 6.79 Å². The number of aromatic nitrogens is 1. The number of fused-ring (bicyclic) bond motifs is 2. The van der Waals surface area contributed by atoms with Crippen LogP contribution in [-0.4, -0.2) is 36.4 Å². The molecule has 0 radical (unpaired) electrons. The zero-order chi connectivity index (χ0) is 30.2. The largest absolute Gasteiger partial charge is 0.497 e. The highest BCUT2D eigenvalue weighted by Gasteiger charge is 2.35. The number of rotatable bonds is 7. The number of methoxy groups -OCH3 is 2. The maximum Gasteiger partial charge on any atom is 0.280 e. The van der Waals surface area contributed by atoms with E-state index in [-0.39, 0.29) is 33.9 Å². The van der Waals surface area contributed by atoms with Crippen LogP contribution in [0.5, 0.6) is 23.0 Å². The average Bonchev–Trinajstić information content (AvgIpc) is 3.59. The lowest BCUT2D eigenvalue weighted by atomic mass is 9.94. The van der Waals surface area contributed by atoms with Crippen LogP contribution in [0, 0.1) is 10.1 Å². The van der Waals surface area contributed by atoms with Crippen molar-refractivity contribution < 1.29 is 28.7 Å². The molecule has 0 saturated carbocycles. The van der Waals surface area contributed by atoms with Gasteiger partial charge in [-0.25, -0.2) is 4.99 Å². The molecule has 2 aliphatic heterocycles. The number of nitro groups is 1. The highest BCUT2D eigenvalue weighted by atomic mass is 32.1. The van der Waals surface area contributed by atoms with Crippen molar-refractivity contribution in [3.63, 3.8) is 0 Å². The van der Waals surface area contributed by atoms with Crippen LogP contribution >= 0.6 is 11.3 Å². The summed E-state index contributed by atoms with van der Waals surface area (Å²) < 4.78 is 23.3. The molecule has 0 saturated heterocycles. The Morgan fingerprint density at radius 3 is 2.56 bits per heavy atom. The van der Waals surface area contributed by atoms with Crippen molar-refractivity contribution in [1.82, 2.24) is 4.57 Å². The number of nitro benzene ring substituents is 1. The molecule has 3 heterocycles. The average molecular weight is 601 g/mol. The monoisotopic (exact) mass is 600 g/mol. The molecule has 218 valence electrons. The number of amides is 1. The topological polar surface area (TPSA) is 144 Å². The molecule has 4 aromatic rings. The van der Waals surface area contributed by atoms with Gasteiger partial charge in [0.25, 0.3) is 17.2 Å². The summed E-state index contributed by atoms with van der Waals surface area (Å²) in [5, 5.41) is 14.8. The molecule has 1 aromatic heterocycles. The molecule has 0 aliphatic carbocycles. The minimum absolute atomic E-state index is 0.0606. The number of carbonyl (C=O) groups excluding carboxylic acids is 1. The van der Waals surface area contributed by atoms with Gasteiger partial charge in [-0.05, 0) is 43.3 Å². The molecule has 0 spiro atoms. The highest BCUT2D eigenvalue weighted by Crippen LogP contribution is 2.39. The Morgan fingerprint density at radius 2 is 1.86 bits per heavy atom. The Labute approximate surface area is 247 Å². The fourth-order valence-electron chi connectivity index (χ4n) is 5.03. The van der Waals surface area contributed by atoms with Crippen molar-refractivity contribution >= 4 is 34.7 Å². The molecular weight excluding hydrogens is 576 g/mol. The number of allylic oxidation sites excluding steroid dienone is 1. The molecule has 1 atom stereocenters. The number of para-hydroxylation sites is 1. The first-order chi connectivity index (χ1) is 20.8. The van der Waals surface area contributed by atoms with E-state index >= 15 is 0 Å². The fourth-order valence-corrected chi connectivity index (χ4v) is 6.07. The van der Waals surface area contributed by atoms with Gasteiger partial charge in [-0.15, -0.1) is 0 Å². The van der Waals surface area contributed by atoms with E-state index in [0.717, 1.165) is 11.3 Å². The second kappa shape index (κ2) is 11.1. The number of nitrogens with one attached hydrogen (secondary N) is 1. The van der Waals surface area contributed by atoms with E-state index in [2.05, 4.69) is 10.3 Å². The molecular formula is C30H24N4O8S. The minimum Gasteiger partial charge on any atom is -0.497 e. The quantitative estimate of drug-likeness (QED) is 0.251. The van der Waals surface area contributed by atoms with E-state index < -0.39 is 22.4 Å². The molecule has 13 heteroatoms. The van der Waals surface area contributed by atoms with Crippen LogP contribution in [0.15, 0.2) is 81.7 Å². The molecule has 1 N–H and O–H groups in total. The second-order valence-corrected chi connectivity index (χ2v) is 10.5. The van der Waals surface area contributed by atoms with Crippen LogP contribution in [0.3, 0.4) is 0 Å². The molecule has 0 bridgehead atoms. The third-order valence-corrected chi connectivity index (χ3v) is 8.02. The number of benzene rings is 3. The van der Waals surface area contributed by atoms with Crippen molar-refractivity contribution in [2.24, 2.45) is 4.99 Å². The van der Waals surface area contributed by atoms with E-state index in [1.54, 1.807) is 49.4 Å². The summed E-state index contributed by atoms with van der Waals surface area (Å²) in [4.78, 5) is 44.2. The summed E-state index contributed by atoms with van der Waals surface area (Å²) in [5.41, 5.74) is 1.16. The summed E-state index contributed by atoms with van der Waals surface area (Å²) in [5.74, 6) is 1.06. The van der Waals surface area contributed by atoms with Crippen molar-refractivity contribution in [3.05, 3.63) is 113 Å². The minimum atomic E-state index is -0.935. The van der Waals surface area contributed by atoms with Gasteiger partial charge < -0.3 is 24.3 Å². The highest BCUT2D eigenvalue weighted by molar-refractivity contribution is 7.07. The first-order valence-electron chi connectivity index (χ1n) is 13.0. The molecule has 0 fully saturated rings. The number of thiazole rings is 1. The second-order valence-electron chi connectivity index (χ2n) is 9.53. The van der Waals surface area contributed by atoms with Gasteiger partial charge in [-0.2, -0.15) is 0 Å². The smallest absolute Gasteiger partial charge is 0.280 e. The number of ether oxygens (including phenoxy) is 4. The van der Waals surface area contributed by atoms with Crippen LogP contribution in [0.25, 0.3) is 6.08 Å². The van der Waals surface area contributed by atoms with Crippen molar-refractivity contribution in [2.45, 2.75) is 13.0 Å². The molecule has 0 unspecified atom stereocenters. The van der Waals surface area contributed by atoms with Gasteiger partial charge in [0, 0.05) is 17.3 Å². The normalized spacial score (nSPS) is 15.5. The van der Waals surface area contributed by atoms with E-state index in [1.807, 2.05) is 6.07 Å². The molecule has 6 rings (SSSR count). The Bertz CT molecular complexity index is 2000. The van der Waals surface area contributed by atoms with Crippen LogP contribution < -0.4 is 39.2 Å². The molecule has 43 heavy (non-hydrogen) atoms. The Kier molecular flexibility index (Phi) is 7.16.